The van der Waals surface area contributed by atoms with Gasteiger partial charge in [0, 0.05) is 33.1 Å². The van der Waals surface area contributed by atoms with E-state index in [0.29, 0.717) is 19.6 Å². The number of piperidine rings is 1. The molecule has 2 aliphatic rings. The molecule has 2 heterocycles. The summed E-state index contributed by atoms with van der Waals surface area (Å²) in [6.07, 6.45) is 2.46. The van der Waals surface area contributed by atoms with E-state index < -0.39 is 0 Å². The minimum absolute atomic E-state index is 0.0167. The third kappa shape index (κ3) is 3.45. The summed E-state index contributed by atoms with van der Waals surface area (Å²) in [5, 5.41) is 2.76. The van der Waals surface area contributed by atoms with Crippen LogP contribution in [-0.2, 0) is 14.4 Å². The van der Waals surface area contributed by atoms with Gasteiger partial charge in [-0.2, -0.15) is 0 Å². The van der Waals surface area contributed by atoms with Crippen molar-refractivity contribution >= 4 is 17.7 Å². The molecule has 1 N–H and O–H groups in total. The summed E-state index contributed by atoms with van der Waals surface area (Å²) in [5.41, 5.74) is 0. The summed E-state index contributed by atoms with van der Waals surface area (Å²) in [7, 11) is 0. The quantitative estimate of drug-likeness (QED) is 0.702. The molecule has 0 aromatic heterocycles. The average molecular weight is 267 g/mol. The molecule has 106 valence electrons. The lowest BCUT2D eigenvalue weighted by atomic mass is 9.96. The molecule has 0 radical (unpaired) electrons. The zero-order chi connectivity index (χ0) is 13.8. The van der Waals surface area contributed by atoms with Crippen LogP contribution < -0.4 is 5.32 Å². The summed E-state index contributed by atoms with van der Waals surface area (Å²) < 4.78 is 0. The van der Waals surface area contributed by atoms with Crippen LogP contribution in [0.5, 0.6) is 0 Å². The Bertz CT molecular complexity index is 383. The predicted octanol–water partition coefficient (Wildman–Crippen LogP) is -0.407. The molecule has 2 aliphatic heterocycles. The molecule has 1 atom stereocenters. The third-order valence-electron chi connectivity index (χ3n) is 3.79. The number of likely N-dealkylation sites (tertiary alicyclic amines) is 1. The van der Waals surface area contributed by atoms with E-state index in [0.717, 1.165) is 25.8 Å². The molecule has 0 aliphatic carbocycles. The minimum atomic E-state index is -0.149. The number of hydrogen-bond donors (Lipinski definition) is 1. The second kappa shape index (κ2) is 6.04. The molecule has 0 spiro atoms. The van der Waals surface area contributed by atoms with Crippen LogP contribution in [0.3, 0.4) is 0 Å². The van der Waals surface area contributed by atoms with Gasteiger partial charge in [0.2, 0.25) is 17.7 Å². The van der Waals surface area contributed by atoms with Crippen molar-refractivity contribution in [2.75, 3.05) is 32.7 Å². The SMILES string of the molecule is CC(=O)N1CCCC(C(=O)N2CCCNC(=O)C2)C1. The van der Waals surface area contributed by atoms with Crippen molar-refractivity contribution < 1.29 is 14.4 Å². The number of amides is 3. The van der Waals surface area contributed by atoms with Crippen molar-refractivity contribution in [2.45, 2.75) is 26.2 Å². The zero-order valence-corrected chi connectivity index (χ0v) is 11.4. The standard InChI is InChI=1S/C13H21N3O3/c1-10(17)15-6-2-4-11(8-15)13(19)16-7-3-5-14-12(18)9-16/h11H,2-9H2,1H3,(H,14,18). The van der Waals surface area contributed by atoms with Crippen LogP contribution in [0, 0.1) is 5.92 Å². The van der Waals surface area contributed by atoms with Crippen molar-refractivity contribution in [3.63, 3.8) is 0 Å². The Morgan fingerprint density at radius 1 is 1.21 bits per heavy atom. The Morgan fingerprint density at radius 3 is 2.68 bits per heavy atom. The first-order valence-electron chi connectivity index (χ1n) is 6.89. The Balaban J connectivity index is 1.97. The van der Waals surface area contributed by atoms with Crippen LogP contribution >= 0.6 is 0 Å². The first-order chi connectivity index (χ1) is 9.08. The molecule has 6 heteroatoms. The zero-order valence-electron chi connectivity index (χ0n) is 11.4. The molecule has 0 saturated carbocycles. The molecule has 2 rings (SSSR count). The molecular weight excluding hydrogens is 246 g/mol. The maximum Gasteiger partial charge on any atom is 0.239 e. The van der Waals surface area contributed by atoms with Crippen molar-refractivity contribution in [3.8, 4) is 0 Å². The van der Waals surface area contributed by atoms with Crippen molar-refractivity contribution in [2.24, 2.45) is 5.92 Å². The number of nitrogens with one attached hydrogen (secondary N) is 1. The van der Waals surface area contributed by atoms with Crippen LogP contribution in [-0.4, -0.2) is 60.2 Å². The number of carbonyl (C=O) groups is 3. The molecule has 0 aromatic carbocycles. The highest BCUT2D eigenvalue weighted by atomic mass is 16.2. The molecule has 6 nitrogen and oxygen atoms in total. The Hall–Kier alpha value is -1.59. The molecule has 0 bridgehead atoms. The first kappa shape index (κ1) is 13.8. The van der Waals surface area contributed by atoms with Gasteiger partial charge in [0.1, 0.15) is 0 Å². The van der Waals surface area contributed by atoms with E-state index in [9.17, 15) is 14.4 Å². The van der Waals surface area contributed by atoms with Gasteiger partial charge in [-0.3, -0.25) is 14.4 Å². The van der Waals surface area contributed by atoms with Crippen LogP contribution in [0.4, 0.5) is 0 Å². The van der Waals surface area contributed by atoms with Crippen LogP contribution in [0.25, 0.3) is 0 Å². The van der Waals surface area contributed by atoms with Gasteiger partial charge in [-0.15, -0.1) is 0 Å². The van der Waals surface area contributed by atoms with Crippen LogP contribution in [0.1, 0.15) is 26.2 Å². The van der Waals surface area contributed by atoms with Gasteiger partial charge in [-0.1, -0.05) is 0 Å². The number of rotatable bonds is 1. The monoisotopic (exact) mass is 267 g/mol. The van der Waals surface area contributed by atoms with E-state index in [1.54, 1.807) is 9.80 Å². The maximum absolute atomic E-state index is 12.4. The lowest BCUT2D eigenvalue weighted by Crippen LogP contribution is -2.47. The molecule has 3 amide bonds. The fourth-order valence-electron chi connectivity index (χ4n) is 2.72. The van der Waals surface area contributed by atoms with Gasteiger partial charge >= 0.3 is 0 Å². The van der Waals surface area contributed by atoms with E-state index in [2.05, 4.69) is 5.32 Å². The second-order valence-corrected chi connectivity index (χ2v) is 5.27. The number of nitrogens with zero attached hydrogens (tertiary/aromatic N) is 2. The third-order valence-corrected chi connectivity index (χ3v) is 3.79. The van der Waals surface area contributed by atoms with Crippen molar-refractivity contribution in [3.05, 3.63) is 0 Å². The fraction of sp³-hybridized carbons (Fsp3) is 0.769. The highest BCUT2D eigenvalue weighted by Crippen LogP contribution is 2.19. The maximum atomic E-state index is 12.4. The summed E-state index contributed by atoms with van der Waals surface area (Å²) in [6.45, 7) is 4.16. The van der Waals surface area contributed by atoms with Gasteiger partial charge in [0.15, 0.2) is 0 Å². The predicted molar refractivity (Wildman–Crippen MR) is 69.2 cm³/mol. The molecule has 1 unspecified atom stereocenters. The molecule has 19 heavy (non-hydrogen) atoms. The van der Waals surface area contributed by atoms with Crippen LogP contribution in [0.2, 0.25) is 0 Å². The number of carbonyl (C=O) groups excluding carboxylic acids is 3. The van der Waals surface area contributed by atoms with Gasteiger partial charge in [0.25, 0.3) is 0 Å². The van der Waals surface area contributed by atoms with E-state index in [-0.39, 0.29) is 30.2 Å². The Morgan fingerprint density at radius 2 is 1.95 bits per heavy atom. The van der Waals surface area contributed by atoms with Crippen molar-refractivity contribution in [1.82, 2.24) is 15.1 Å². The summed E-state index contributed by atoms with van der Waals surface area (Å²) in [4.78, 5) is 38.7. The minimum Gasteiger partial charge on any atom is -0.354 e. The lowest BCUT2D eigenvalue weighted by Gasteiger charge is -2.33. The summed E-state index contributed by atoms with van der Waals surface area (Å²) >= 11 is 0. The fourth-order valence-corrected chi connectivity index (χ4v) is 2.72. The van der Waals surface area contributed by atoms with E-state index in [1.165, 1.54) is 6.92 Å². The molecule has 2 fully saturated rings. The highest BCUT2D eigenvalue weighted by Gasteiger charge is 2.31. The summed E-state index contributed by atoms with van der Waals surface area (Å²) in [6, 6.07) is 0. The summed E-state index contributed by atoms with van der Waals surface area (Å²) in [5.74, 6) is -0.206. The van der Waals surface area contributed by atoms with Gasteiger partial charge in [0.05, 0.1) is 12.5 Å². The molecule has 2 saturated heterocycles. The number of hydrogen-bond acceptors (Lipinski definition) is 3. The van der Waals surface area contributed by atoms with E-state index in [4.69, 9.17) is 0 Å². The highest BCUT2D eigenvalue weighted by molar-refractivity contribution is 5.86. The Kier molecular flexibility index (Phi) is 4.39. The van der Waals surface area contributed by atoms with E-state index in [1.807, 2.05) is 0 Å². The van der Waals surface area contributed by atoms with Gasteiger partial charge in [-0.25, -0.2) is 0 Å². The normalized spacial score (nSPS) is 24.7. The topological polar surface area (TPSA) is 69.7 Å². The van der Waals surface area contributed by atoms with E-state index >= 15 is 0 Å². The van der Waals surface area contributed by atoms with Gasteiger partial charge < -0.3 is 15.1 Å². The molecule has 0 aromatic rings. The lowest BCUT2D eigenvalue weighted by molar-refractivity contribution is -0.142. The average Bonchev–Trinajstić information content (AvgIpc) is 2.62. The molecular formula is C13H21N3O3. The second-order valence-electron chi connectivity index (χ2n) is 5.27. The Labute approximate surface area is 113 Å². The van der Waals surface area contributed by atoms with Gasteiger partial charge in [-0.05, 0) is 19.3 Å². The van der Waals surface area contributed by atoms with Crippen molar-refractivity contribution in [1.29, 1.82) is 0 Å². The largest absolute Gasteiger partial charge is 0.354 e. The van der Waals surface area contributed by atoms with Crippen LogP contribution in [0.15, 0.2) is 0 Å². The first-order valence-corrected chi connectivity index (χ1v) is 6.89. The smallest absolute Gasteiger partial charge is 0.239 e.